The highest BCUT2D eigenvalue weighted by Crippen LogP contribution is 2.38. The van der Waals surface area contributed by atoms with Crippen molar-refractivity contribution >= 4 is 11.8 Å². The third kappa shape index (κ3) is 2.31. The molecule has 0 spiro atoms. The normalized spacial score (nSPS) is 19.5. The number of nitrogens with one attached hydrogen (secondary N) is 1. The lowest BCUT2D eigenvalue weighted by Crippen LogP contribution is -2.24. The standard InChI is InChI=1S/C16H17NS/c1-12(13-7-3-2-4-8-13)17-15-11-18-16-10-6-5-9-14(15)16/h2-10,12,15,17H,11H2,1H3/t12-,15?/m1/s1. The van der Waals surface area contributed by atoms with Crippen LogP contribution in [0.2, 0.25) is 0 Å². The van der Waals surface area contributed by atoms with Crippen LogP contribution in [0.25, 0.3) is 0 Å². The van der Waals surface area contributed by atoms with Gasteiger partial charge in [-0.2, -0.15) is 0 Å². The summed E-state index contributed by atoms with van der Waals surface area (Å²) in [6, 6.07) is 20.2. The van der Waals surface area contributed by atoms with E-state index < -0.39 is 0 Å². The molecule has 0 bridgehead atoms. The maximum Gasteiger partial charge on any atom is 0.0431 e. The van der Waals surface area contributed by atoms with Crippen molar-refractivity contribution in [3.8, 4) is 0 Å². The molecule has 0 fully saturated rings. The quantitative estimate of drug-likeness (QED) is 0.883. The van der Waals surface area contributed by atoms with Gasteiger partial charge in [-0.15, -0.1) is 11.8 Å². The number of benzene rings is 2. The summed E-state index contributed by atoms with van der Waals surface area (Å²) >= 11 is 1.95. The summed E-state index contributed by atoms with van der Waals surface area (Å²) in [6.45, 7) is 2.24. The maximum atomic E-state index is 3.73. The van der Waals surface area contributed by atoms with Crippen LogP contribution in [-0.2, 0) is 0 Å². The van der Waals surface area contributed by atoms with Gasteiger partial charge < -0.3 is 5.32 Å². The first-order valence-electron chi connectivity index (χ1n) is 6.37. The van der Waals surface area contributed by atoms with Crippen molar-refractivity contribution < 1.29 is 0 Å². The van der Waals surface area contributed by atoms with E-state index in [0.29, 0.717) is 12.1 Å². The lowest BCUT2D eigenvalue weighted by Gasteiger charge is -2.20. The summed E-state index contributed by atoms with van der Waals surface area (Å²) in [5, 5.41) is 3.73. The van der Waals surface area contributed by atoms with Gasteiger partial charge >= 0.3 is 0 Å². The fourth-order valence-corrected chi connectivity index (χ4v) is 3.61. The molecule has 18 heavy (non-hydrogen) atoms. The van der Waals surface area contributed by atoms with E-state index in [-0.39, 0.29) is 0 Å². The molecule has 92 valence electrons. The number of thioether (sulfide) groups is 1. The van der Waals surface area contributed by atoms with Gasteiger partial charge in [0.15, 0.2) is 0 Å². The summed E-state index contributed by atoms with van der Waals surface area (Å²) in [4.78, 5) is 1.43. The highest BCUT2D eigenvalue weighted by atomic mass is 32.2. The molecule has 0 amide bonds. The predicted octanol–water partition coefficient (Wildman–Crippen LogP) is 4.18. The van der Waals surface area contributed by atoms with E-state index in [1.54, 1.807) is 0 Å². The third-order valence-corrected chi connectivity index (χ3v) is 4.63. The van der Waals surface area contributed by atoms with Crippen LogP contribution in [0.3, 0.4) is 0 Å². The van der Waals surface area contributed by atoms with E-state index in [2.05, 4.69) is 66.8 Å². The molecule has 0 radical (unpaired) electrons. The second-order valence-electron chi connectivity index (χ2n) is 4.70. The van der Waals surface area contributed by atoms with Crippen LogP contribution in [0.5, 0.6) is 0 Å². The first kappa shape index (κ1) is 11.8. The molecule has 1 unspecified atom stereocenters. The molecule has 1 heterocycles. The highest BCUT2D eigenvalue weighted by molar-refractivity contribution is 7.99. The molecular formula is C16H17NS. The molecule has 0 saturated carbocycles. The number of hydrogen-bond acceptors (Lipinski definition) is 2. The van der Waals surface area contributed by atoms with Crippen molar-refractivity contribution in [1.29, 1.82) is 0 Å². The van der Waals surface area contributed by atoms with Gasteiger partial charge in [-0.1, -0.05) is 48.5 Å². The van der Waals surface area contributed by atoms with Crippen molar-refractivity contribution in [3.05, 3.63) is 65.7 Å². The van der Waals surface area contributed by atoms with Crippen LogP contribution in [-0.4, -0.2) is 5.75 Å². The lowest BCUT2D eigenvalue weighted by atomic mass is 10.0. The molecule has 1 aliphatic rings. The zero-order valence-electron chi connectivity index (χ0n) is 10.5. The Labute approximate surface area is 113 Å². The van der Waals surface area contributed by atoms with Crippen LogP contribution in [0, 0.1) is 0 Å². The molecule has 2 aromatic rings. The summed E-state index contributed by atoms with van der Waals surface area (Å²) < 4.78 is 0. The minimum absolute atomic E-state index is 0.392. The molecule has 2 heteroatoms. The first-order chi connectivity index (χ1) is 8.84. The molecule has 2 atom stereocenters. The van der Waals surface area contributed by atoms with Crippen LogP contribution >= 0.6 is 11.8 Å². The molecule has 3 rings (SSSR count). The van der Waals surface area contributed by atoms with Crippen LogP contribution in [0.1, 0.15) is 30.1 Å². The van der Waals surface area contributed by atoms with E-state index in [0.717, 1.165) is 5.75 Å². The maximum absolute atomic E-state index is 3.73. The van der Waals surface area contributed by atoms with Gasteiger partial charge in [-0.05, 0) is 24.1 Å². The smallest absolute Gasteiger partial charge is 0.0431 e. The zero-order chi connectivity index (χ0) is 12.4. The number of rotatable bonds is 3. The average molecular weight is 255 g/mol. The molecule has 1 aliphatic heterocycles. The lowest BCUT2D eigenvalue weighted by molar-refractivity contribution is 0.501. The summed E-state index contributed by atoms with van der Waals surface area (Å²) in [7, 11) is 0. The molecule has 0 aromatic heterocycles. The fourth-order valence-electron chi connectivity index (χ4n) is 2.44. The summed E-state index contributed by atoms with van der Waals surface area (Å²) in [5.74, 6) is 1.14. The number of hydrogen-bond donors (Lipinski definition) is 1. The monoisotopic (exact) mass is 255 g/mol. The van der Waals surface area contributed by atoms with E-state index in [1.807, 2.05) is 11.8 Å². The second-order valence-corrected chi connectivity index (χ2v) is 5.76. The van der Waals surface area contributed by atoms with E-state index in [9.17, 15) is 0 Å². The molecule has 0 saturated heterocycles. The Kier molecular flexibility index (Phi) is 3.39. The Hall–Kier alpha value is -1.25. The summed E-state index contributed by atoms with van der Waals surface area (Å²) in [6.07, 6.45) is 0. The number of fused-ring (bicyclic) bond motifs is 1. The van der Waals surface area contributed by atoms with Gasteiger partial charge in [0.25, 0.3) is 0 Å². The van der Waals surface area contributed by atoms with Gasteiger partial charge in [0.05, 0.1) is 0 Å². The van der Waals surface area contributed by atoms with Crippen LogP contribution in [0.15, 0.2) is 59.5 Å². The van der Waals surface area contributed by atoms with Crippen LogP contribution < -0.4 is 5.32 Å². The molecular weight excluding hydrogens is 238 g/mol. The molecule has 0 aliphatic carbocycles. The minimum atomic E-state index is 0.392. The Bertz CT molecular complexity index is 524. The zero-order valence-corrected chi connectivity index (χ0v) is 11.3. The highest BCUT2D eigenvalue weighted by Gasteiger charge is 2.23. The Morgan fingerprint density at radius 3 is 2.61 bits per heavy atom. The van der Waals surface area contributed by atoms with E-state index in [1.165, 1.54) is 16.0 Å². The first-order valence-corrected chi connectivity index (χ1v) is 7.36. The minimum Gasteiger partial charge on any atom is -0.303 e. The van der Waals surface area contributed by atoms with E-state index >= 15 is 0 Å². The van der Waals surface area contributed by atoms with Crippen molar-refractivity contribution in [2.75, 3.05) is 5.75 Å². The molecule has 1 nitrogen and oxygen atoms in total. The summed E-state index contributed by atoms with van der Waals surface area (Å²) in [5.41, 5.74) is 2.80. The van der Waals surface area contributed by atoms with E-state index in [4.69, 9.17) is 0 Å². The Morgan fingerprint density at radius 2 is 1.78 bits per heavy atom. The van der Waals surface area contributed by atoms with Gasteiger partial charge in [0.2, 0.25) is 0 Å². The van der Waals surface area contributed by atoms with Gasteiger partial charge in [0.1, 0.15) is 0 Å². The Morgan fingerprint density at radius 1 is 1.06 bits per heavy atom. The van der Waals surface area contributed by atoms with Crippen LogP contribution in [0.4, 0.5) is 0 Å². The van der Waals surface area contributed by atoms with Gasteiger partial charge in [-0.25, -0.2) is 0 Å². The second kappa shape index (κ2) is 5.17. The van der Waals surface area contributed by atoms with Crippen molar-refractivity contribution in [2.45, 2.75) is 23.9 Å². The fraction of sp³-hybridized carbons (Fsp3) is 0.250. The molecule has 1 N–H and O–H groups in total. The SMILES string of the molecule is C[C@@H](NC1CSc2ccccc21)c1ccccc1. The predicted molar refractivity (Wildman–Crippen MR) is 77.9 cm³/mol. The van der Waals surface area contributed by atoms with Crippen molar-refractivity contribution in [2.24, 2.45) is 0 Å². The Balaban J connectivity index is 1.75. The van der Waals surface area contributed by atoms with Crippen molar-refractivity contribution in [1.82, 2.24) is 5.32 Å². The third-order valence-electron chi connectivity index (χ3n) is 3.45. The van der Waals surface area contributed by atoms with Crippen molar-refractivity contribution in [3.63, 3.8) is 0 Å². The van der Waals surface area contributed by atoms with Gasteiger partial charge in [0, 0.05) is 22.7 Å². The molecule has 2 aromatic carbocycles. The largest absolute Gasteiger partial charge is 0.303 e. The average Bonchev–Trinajstić information content (AvgIpc) is 2.83. The van der Waals surface area contributed by atoms with Gasteiger partial charge in [-0.3, -0.25) is 0 Å². The topological polar surface area (TPSA) is 12.0 Å².